The molecule has 0 fully saturated rings. The minimum absolute atomic E-state index is 0.297. The summed E-state index contributed by atoms with van der Waals surface area (Å²) in [5.74, 6) is 1.05. The Morgan fingerprint density at radius 1 is 1.36 bits per heavy atom. The Kier molecular flexibility index (Phi) is 2.56. The van der Waals surface area contributed by atoms with Gasteiger partial charge in [-0.05, 0) is 36.0 Å². The van der Waals surface area contributed by atoms with Crippen molar-refractivity contribution in [2.75, 3.05) is 6.61 Å². The van der Waals surface area contributed by atoms with E-state index in [0.717, 1.165) is 23.2 Å². The Hall–Kier alpha value is -0.500. The average molecular weight is 255 g/mol. The van der Waals surface area contributed by atoms with Gasteiger partial charge in [-0.3, -0.25) is 0 Å². The largest absolute Gasteiger partial charge is 0.493 e. The molecule has 0 amide bonds. The zero-order valence-corrected chi connectivity index (χ0v) is 10.2. The molecule has 1 aliphatic heterocycles. The minimum Gasteiger partial charge on any atom is -0.493 e. The number of hydrogen-bond donors (Lipinski definition) is 0. The summed E-state index contributed by atoms with van der Waals surface area (Å²) >= 11 is 3.46. The molecule has 14 heavy (non-hydrogen) atoms. The molecule has 1 aliphatic rings. The van der Waals surface area contributed by atoms with Gasteiger partial charge in [0.1, 0.15) is 5.75 Å². The average Bonchev–Trinajstić information content (AvgIpc) is 2.26. The van der Waals surface area contributed by atoms with E-state index in [4.69, 9.17) is 4.74 Å². The van der Waals surface area contributed by atoms with Crippen LogP contribution >= 0.6 is 15.9 Å². The first kappa shape index (κ1) is 10.0. The van der Waals surface area contributed by atoms with E-state index in [2.05, 4.69) is 48.0 Å². The van der Waals surface area contributed by atoms with Crippen LogP contribution in [0.15, 0.2) is 22.7 Å². The van der Waals surface area contributed by atoms with Gasteiger partial charge in [-0.1, -0.05) is 35.8 Å². The third-order valence-electron chi connectivity index (χ3n) is 2.72. The Morgan fingerprint density at radius 3 is 2.93 bits per heavy atom. The molecule has 0 bridgehead atoms. The van der Waals surface area contributed by atoms with Crippen LogP contribution < -0.4 is 4.74 Å². The molecule has 0 spiro atoms. The second-order valence-electron chi connectivity index (χ2n) is 4.70. The van der Waals surface area contributed by atoms with Gasteiger partial charge < -0.3 is 4.74 Å². The third kappa shape index (κ3) is 2.11. The standard InChI is InChI=1S/C12H15BrO/c1-12(2)6-5-9-3-4-10(13)7-11(9)14-8-12/h3-4,7H,5-6,8H2,1-2H3. The molecule has 0 atom stereocenters. The molecule has 0 saturated carbocycles. The summed E-state index contributed by atoms with van der Waals surface area (Å²) in [5.41, 5.74) is 1.63. The maximum Gasteiger partial charge on any atom is 0.123 e. The van der Waals surface area contributed by atoms with Crippen molar-refractivity contribution in [2.24, 2.45) is 5.41 Å². The van der Waals surface area contributed by atoms with Crippen LogP contribution in [0.1, 0.15) is 25.8 Å². The molecule has 76 valence electrons. The van der Waals surface area contributed by atoms with Crippen LogP contribution in [0.4, 0.5) is 0 Å². The van der Waals surface area contributed by atoms with Crippen molar-refractivity contribution >= 4 is 15.9 Å². The molecule has 1 nitrogen and oxygen atoms in total. The highest BCUT2D eigenvalue weighted by atomic mass is 79.9. The monoisotopic (exact) mass is 254 g/mol. The van der Waals surface area contributed by atoms with Crippen LogP contribution in [-0.4, -0.2) is 6.61 Å². The van der Waals surface area contributed by atoms with Gasteiger partial charge >= 0.3 is 0 Å². The second kappa shape index (κ2) is 3.58. The SMILES string of the molecule is CC1(C)CCc2ccc(Br)cc2OC1. The third-order valence-corrected chi connectivity index (χ3v) is 3.21. The maximum atomic E-state index is 5.81. The fourth-order valence-corrected chi connectivity index (χ4v) is 2.03. The van der Waals surface area contributed by atoms with Crippen molar-refractivity contribution in [1.82, 2.24) is 0 Å². The van der Waals surface area contributed by atoms with Crippen LogP contribution in [-0.2, 0) is 6.42 Å². The van der Waals surface area contributed by atoms with E-state index in [0.29, 0.717) is 5.41 Å². The fourth-order valence-electron chi connectivity index (χ4n) is 1.69. The molecule has 0 saturated heterocycles. The van der Waals surface area contributed by atoms with Gasteiger partial charge in [-0.2, -0.15) is 0 Å². The van der Waals surface area contributed by atoms with Crippen LogP contribution in [0.3, 0.4) is 0 Å². The minimum atomic E-state index is 0.297. The molecule has 1 heterocycles. The lowest BCUT2D eigenvalue weighted by molar-refractivity contribution is 0.182. The molecule has 0 unspecified atom stereocenters. The van der Waals surface area contributed by atoms with Crippen molar-refractivity contribution in [2.45, 2.75) is 26.7 Å². The van der Waals surface area contributed by atoms with Crippen molar-refractivity contribution in [3.8, 4) is 5.75 Å². The van der Waals surface area contributed by atoms with Crippen molar-refractivity contribution in [1.29, 1.82) is 0 Å². The maximum absolute atomic E-state index is 5.81. The zero-order valence-electron chi connectivity index (χ0n) is 8.64. The number of halogens is 1. The molecule has 0 radical (unpaired) electrons. The van der Waals surface area contributed by atoms with Gasteiger partial charge in [0.05, 0.1) is 6.61 Å². The smallest absolute Gasteiger partial charge is 0.123 e. The molecule has 2 rings (SSSR count). The number of fused-ring (bicyclic) bond motifs is 1. The molecule has 1 aromatic carbocycles. The van der Waals surface area contributed by atoms with E-state index < -0.39 is 0 Å². The van der Waals surface area contributed by atoms with Gasteiger partial charge in [-0.15, -0.1) is 0 Å². The summed E-state index contributed by atoms with van der Waals surface area (Å²) in [6.07, 6.45) is 2.32. The highest BCUT2D eigenvalue weighted by molar-refractivity contribution is 9.10. The molecular formula is C12H15BrO. The number of ether oxygens (including phenoxy) is 1. The van der Waals surface area contributed by atoms with Crippen LogP contribution in [0.2, 0.25) is 0 Å². The first-order chi connectivity index (χ1) is 6.57. The van der Waals surface area contributed by atoms with Crippen molar-refractivity contribution < 1.29 is 4.74 Å². The number of rotatable bonds is 0. The molecular weight excluding hydrogens is 240 g/mol. The second-order valence-corrected chi connectivity index (χ2v) is 5.62. The zero-order chi connectivity index (χ0) is 10.2. The lowest BCUT2D eigenvalue weighted by Gasteiger charge is -2.20. The highest BCUT2D eigenvalue weighted by Crippen LogP contribution is 2.33. The molecule has 0 N–H and O–H groups in total. The first-order valence-corrected chi connectivity index (χ1v) is 5.77. The fraction of sp³-hybridized carbons (Fsp3) is 0.500. The Balaban J connectivity index is 2.30. The van der Waals surface area contributed by atoms with Crippen molar-refractivity contribution in [3.05, 3.63) is 28.2 Å². The van der Waals surface area contributed by atoms with E-state index in [1.807, 2.05) is 0 Å². The summed E-state index contributed by atoms with van der Waals surface area (Å²) in [6, 6.07) is 6.30. The summed E-state index contributed by atoms with van der Waals surface area (Å²) < 4.78 is 6.91. The van der Waals surface area contributed by atoms with E-state index in [-0.39, 0.29) is 0 Å². The predicted molar refractivity (Wildman–Crippen MR) is 61.7 cm³/mol. The van der Waals surface area contributed by atoms with Gasteiger partial charge in [0.25, 0.3) is 0 Å². The molecule has 0 aliphatic carbocycles. The Morgan fingerprint density at radius 2 is 2.14 bits per heavy atom. The topological polar surface area (TPSA) is 9.23 Å². The number of hydrogen-bond acceptors (Lipinski definition) is 1. The molecule has 0 aromatic heterocycles. The van der Waals surface area contributed by atoms with E-state index in [1.54, 1.807) is 0 Å². The summed E-state index contributed by atoms with van der Waals surface area (Å²) in [5, 5.41) is 0. The molecule has 2 heteroatoms. The van der Waals surface area contributed by atoms with Gasteiger partial charge in [0, 0.05) is 4.47 Å². The van der Waals surface area contributed by atoms with E-state index in [1.165, 1.54) is 12.0 Å². The predicted octanol–water partition coefficient (Wildman–Crippen LogP) is 3.80. The normalized spacial score (nSPS) is 19.4. The summed E-state index contributed by atoms with van der Waals surface area (Å²) in [4.78, 5) is 0. The van der Waals surface area contributed by atoms with Gasteiger partial charge in [0.2, 0.25) is 0 Å². The number of benzene rings is 1. The van der Waals surface area contributed by atoms with Gasteiger partial charge in [-0.25, -0.2) is 0 Å². The van der Waals surface area contributed by atoms with Crippen LogP contribution in [0.25, 0.3) is 0 Å². The van der Waals surface area contributed by atoms with Crippen molar-refractivity contribution in [3.63, 3.8) is 0 Å². The summed E-state index contributed by atoms with van der Waals surface area (Å²) in [7, 11) is 0. The molecule has 1 aromatic rings. The summed E-state index contributed by atoms with van der Waals surface area (Å²) in [6.45, 7) is 5.33. The lowest BCUT2D eigenvalue weighted by Crippen LogP contribution is -2.19. The first-order valence-electron chi connectivity index (χ1n) is 4.98. The quantitative estimate of drug-likeness (QED) is 0.685. The Labute approximate surface area is 93.6 Å². The highest BCUT2D eigenvalue weighted by Gasteiger charge is 2.23. The van der Waals surface area contributed by atoms with E-state index in [9.17, 15) is 0 Å². The Bertz CT molecular complexity index is 344. The van der Waals surface area contributed by atoms with Crippen LogP contribution in [0, 0.1) is 5.41 Å². The number of aryl methyl sites for hydroxylation is 1. The lowest BCUT2D eigenvalue weighted by atomic mass is 9.88. The van der Waals surface area contributed by atoms with E-state index >= 15 is 0 Å². The van der Waals surface area contributed by atoms with Gasteiger partial charge in [0.15, 0.2) is 0 Å². The van der Waals surface area contributed by atoms with Crippen LogP contribution in [0.5, 0.6) is 5.75 Å².